The van der Waals surface area contributed by atoms with E-state index in [1.165, 1.54) is 6.21 Å². The van der Waals surface area contributed by atoms with Crippen molar-refractivity contribution in [2.75, 3.05) is 11.9 Å². The summed E-state index contributed by atoms with van der Waals surface area (Å²) in [6.45, 7) is 2.96. The Morgan fingerprint density at radius 2 is 1.68 bits per heavy atom. The van der Waals surface area contributed by atoms with Crippen molar-refractivity contribution in [3.05, 3.63) is 87.9 Å². The van der Waals surface area contributed by atoms with Crippen LogP contribution in [0.1, 0.15) is 24.5 Å². The van der Waals surface area contributed by atoms with E-state index in [1.807, 2.05) is 19.1 Å². The summed E-state index contributed by atoms with van der Waals surface area (Å²) in [6, 6.07) is 19.1. The molecule has 2 N–H and O–H groups in total. The molecule has 0 aliphatic rings. The lowest BCUT2D eigenvalue weighted by Gasteiger charge is -2.09. The smallest absolute Gasteiger partial charge is 0.329 e. The van der Waals surface area contributed by atoms with Crippen LogP contribution in [0.3, 0.4) is 0 Å². The Morgan fingerprint density at radius 1 is 0.941 bits per heavy atom. The molecular weight excluding hydrogens is 477 g/mol. The second kappa shape index (κ2) is 12.6. The summed E-state index contributed by atoms with van der Waals surface area (Å²) in [5, 5.41) is 7.34. The van der Waals surface area contributed by atoms with Crippen LogP contribution in [0, 0.1) is 0 Å². The van der Waals surface area contributed by atoms with Gasteiger partial charge in [0.05, 0.1) is 17.8 Å². The number of halogens is 2. The molecule has 0 saturated carbocycles. The van der Waals surface area contributed by atoms with Crippen molar-refractivity contribution in [2.45, 2.75) is 20.0 Å². The SMILES string of the molecule is CCCOc1ccc(NC(=O)C(=O)N/N=C\c2ccc(OCc3ccc(Cl)cc3)c(Cl)c2)cc1. The molecule has 0 saturated heterocycles. The normalized spacial score (nSPS) is 10.7. The van der Waals surface area contributed by atoms with Gasteiger partial charge < -0.3 is 14.8 Å². The standard InChI is InChI=1S/C25H23Cl2N3O4/c1-2-13-33-21-10-8-20(9-11-21)29-24(31)25(32)30-28-15-18-5-12-23(22(27)14-18)34-16-17-3-6-19(26)7-4-17/h3-12,14-15H,2,13,16H2,1H3,(H,29,31)(H,30,32)/b28-15-. The second-order valence-corrected chi connectivity index (χ2v) is 7.97. The first-order valence-corrected chi connectivity index (χ1v) is 11.2. The minimum Gasteiger partial charge on any atom is -0.494 e. The summed E-state index contributed by atoms with van der Waals surface area (Å²) >= 11 is 12.2. The first kappa shape index (κ1) is 25.1. The minimum absolute atomic E-state index is 0.337. The van der Waals surface area contributed by atoms with Crippen LogP contribution in [0.5, 0.6) is 11.5 Å². The summed E-state index contributed by atoms with van der Waals surface area (Å²) in [5.41, 5.74) is 4.22. The minimum atomic E-state index is -0.906. The number of anilines is 1. The highest BCUT2D eigenvalue weighted by Gasteiger charge is 2.13. The Kier molecular flexibility index (Phi) is 9.31. The van der Waals surface area contributed by atoms with Gasteiger partial charge in [-0.3, -0.25) is 9.59 Å². The molecule has 3 aromatic carbocycles. The maximum absolute atomic E-state index is 12.0. The van der Waals surface area contributed by atoms with Crippen molar-refractivity contribution in [1.29, 1.82) is 0 Å². The van der Waals surface area contributed by atoms with E-state index in [2.05, 4.69) is 15.8 Å². The van der Waals surface area contributed by atoms with Gasteiger partial charge in [0.25, 0.3) is 0 Å². The molecule has 34 heavy (non-hydrogen) atoms. The van der Waals surface area contributed by atoms with Crippen molar-refractivity contribution in [3.8, 4) is 11.5 Å². The maximum Gasteiger partial charge on any atom is 0.329 e. The number of ether oxygens (including phenoxy) is 2. The number of nitrogens with zero attached hydrogens (tertiary/aromatic N) is 1. The molecular formula is C25H23Cl2N3O4. The molecule has 0 unspecified atom stereocenters. The molecule has 2 amide bonds. The molecule has 3 aromatic rings. The van der Waals surface area contributed by atoms with Crippen LogP contribution in [-0.2, 0) is 16.2 Å². The van der Waals surface area contributed by atoms with Crippen LogP contribution in [0.4, 0.5) is 5.69 Å². The summed E-state index contributed by atoms with van der Waals surface area (Å²) in [5.74, 6) is -0.558. The zero-order valence-electron chi connectivity index (χ0n) is 18.4. The molecule has 0 aliphatic carbocycles. The van der Waals surface area contributed by atoms with Crippen LogP contribution < -0.4 is 20.2 Å². The van der Waals surface area contributed by atoms with E-state index in [-0.39, 0.29) is 0 Å². The van der Waals surface area contributed by atoms with Crippen molar-refractivity contribution in [3.63, 3.8) is 0 Å². The van der Waals surface area contributed by atoms with E-state index in [1.54, 1.807) is 54.6 Å². The number of nitrogens with one attached hydrogen (secondary N) is 2. The zero-order valence-corrected chi connectivity index (χ0v) is 19.9. The average molecular weight is 500 g/mol. The Morgan fingerprint density at radius 3 is 2.35 bits per heavy atom. The van der Waals surface area contributed by atoms with Crippen LogP contribution >= 0.6 is 23.2 Å². The van der Waals surface area contributed by atoms with Gasteiger partial charge in [0.2, 0.25) is 0 Å². The van der Waals surface area contributed by atoms with E-state index in [9.17, 15) is 9.59 Å². The number of hydrogen-bond acceptors (Lipinski definition) is 5. The van der Waals surface area contributed by atoms with Crippen molar-refractivity contribution >= 4 is 46.9 Å². The topological polar surface area (TPSA) is 89.0 Å². The Labute approximate surface area is 207 Å². The highest BCUT2D eigenvalue weighted by molar-refractivity contribution is 6.39. The number of benzene rings is 3. The molecule has 0 atom stereocenters. The molecule has 7 nitrogen and oxygen atoms in total. The summed E-state index contributed by atoms with van der Waals surface area (Å²) < 4.78 is 11.2. The lowest BCUT2D eigenvalue weighted by molar-refractivity contribution is -0.136. The third-order valence-corrected chi connectivity index (χ3v) is 4.98. The van der Waals surface area contributed by atoms with Crippen LogP contribution in [0.2, 0.25) is 10.0 Å². The van der Waals surface area contributed by atoms with E-state index in [0.29, 0.717) is 46.0 Å². The fourth-order valence-corrected chi connectivity index (χ4v) is 3.08. The van der Waals surface area contributed by atoms with Crippen molar-refractivity contribution < 1.29 is 19.1 Å². The molecule has 9 heteroatoms. The Balaban J connectivity index is 1.48. The molecule has 0 spiro atoms. The number of carbonyl (C=O) groups excluding carboxylic acids is 2. The predicted octanol–water partition coefficient (Wildman–Crippen LogP) is 5.45. The molecule has 0 fully saturated rings. The molecule has 0 radical (unpaired) electrons. The Bertz CT molecular complexity index is 1150. The third kappa shape index (κ3) is 7.79. The van der Waals surface area contributed by atoms with Crippen LogP contribution in [-0.4, -0.2) is 24.6 Å². The van der Waals surface area contributed by atoms with Gasteiger partial charge in [0.1, 0.15) is 18.1 Å². The first-order valence-electron chi connectivity index (χ1n) is 10.5. The lowest BCUT2D eigenvalue weighted by Crippen LogP contribution is -2.32. The van der Waals surface area contributed by atoms with E-state index in [4.69, 9.17) is 32.7 Å². The second-order valence-electron chi connectivity index (χ2n) is 7.13. The molecule has 0 aliphatic heterocycles. The summed E-state index contributed by atoms with van der Waals surface area (Å²) in [7, 11) is 0. The quantitative estimate of drug-likeness (QED) is 0.232. The highest BCUT2D eigenvalue weighted by Crippen LogP contribution is 2.26. The van der Waals surface area contributed by atoms with Gasteiger partial charge in [-0.1, -0.05) is 42.3 Å². The fourth-order valence-electron chi connectivity index (χ4n) is 2.71. The summed E-state index contributed by atoms with van der Waals surface area (Å²) in [4.78, 5) is 24.0. The largest absolute Gasteiger partial charge is 0.494 e. The molecule has 0 bridgehead atoms. The van der Waals surface area contributed by atoms with Crippen molar-refractivity contribution in [2.24, 2.45) is 5.10 Å². The third-order valence-electron chi connectivity index (χ3n) is 4.43. The monoisotopic (exact) mass is 499 g/mol. The molecule has 3 rings (SSSR count). The van der Waals surface area contributed by atoms with Crippen LogP contribution in [0.25, 0.3) is 0 Å². The van der Waals surface area contributed by atoms with Gasteiger partial charge in [0.15, 0.2) is 0 Å². The van der Waals surface area contributed by atoms with Gasteiger partial charge in [-0.15, -0.1) is 0 Å². The highest BCUT2D eigenvalue weighted by atomic mass is 35.5. The fraction of sp³-hybridized carbons (Fsp3) is 0.160. The predicted molar refractivity (Wildman–Crippen MR) is 134 cm³/mol. The average Bonchev–Trinajstić information content (AvgIpc) is 2.84. The number of amides is 2. The van der Waals surface area contributed by atoms with Gasteiger partial charge >= 0.3 is 11.8 Å². The Hall–Kier alpha value is -3.55. The maximum atomic E-state index is 12.0. The van der Waals surface area contributed by atoms with E-state index >= 15 is 0 Å². The van der Waals surface area contributed by atoms with Gasteiger partial charge in [-0.2, -0.15) is 5.10 Å². The number of carbonyl (C=O) groups is 2. The number of hydrogen-bond donors (Lipinski definition) is 2. The zero-order chi connectivity index (χ0) is 24.3. The molecule has 0 aromatic heterocycles. The number of hydrazone groups is 1. The van der Waals surface area contributed by atoms with Gasteiger partial charge in [0, 0.05) is 10.7 Å². The van der Waals surface area contributed by atoms with Crippen LogP contribution in [0.15, 0.2) is 71.8 Å². The first-order chi connectivity index (χ1) is 16.4. The number of rotatable bonds is 9. The molecule has 176 valence electrons. The van der Waals surface area contributed by atoms with E-state index < -0.39 is 11.8 Å². The van der Waals surface area contributed by atoms with Gasteiger partial charge in [-0.25, -0.2) is 5.43 Å². The van der Waals surface area contributed by atoms with Gasteiger partial charge in [-0.05, 0) is 72.1 Å². The van der Waals surface area contributed by atoms with Crippen molar-refractivity contribution in [1.82, 2.24) is 5.43 Å². The van der Waals surface area contributed by atoms with E-state index in [0.717, 1.165) is 12.0 Å². The lowest BCUT2D eigenvalue weighted by atomic mass is 10.2. The molecule has 0 heterocycles. The summed E-state index contributed by atoms with van der Waals surface area (Å²) in [6.07, 6.45) is 2.27.